The lowest BCUT2D eigenvalue weighted by molar-refractivity contribution is -0.121. The monoisotopic (exact) mass is 465 g/mol. The van der Waals surface area contributed by atoms with Gasteiger partial charge in [-0.1, -0.05) is 0 Å². The number of carbonyl (C=O) groups excluding carboxylic acids is 2. The SMILES string of the molecule is COc1cc(NC(=O)[C@H]2CCCN(C(=O)c3cc(-c4ccncc4)n[nH]3)C2)cc(OC)c1OC. The number of hydrogen-bond acceptors (Lipinski definition) is 7. The highest BCUT2D eigenvalue weighted by atomic mass is 16.5. The molecule has 0 radical (unpaired) electrons. The van der Waals surface area contributed by atoms with Crippen molar-refractivity contribution in [3.8, 4) is 28.5 Å². The summed E-state index contributed by atoms with van der Waals surface area (Å²) in [6.07, 6.45) is 4.76. The topological polar surface area (TPSA) is 119 Å². The Kier molecular flexibility index (Phi) is 6.95. The Hall–Kier alpha value is -4.08. The Morgan fingerprint density at radius 3 is 2.41 bits per heavy atom. The summed E-state index contributed by atoms with van der Waals surface area (Å²) in [5.74, 6) is 0.637. The predicted octanol–water partition coefficient (Wildman–Crippen LogP) is 2.99. The molecule has 10 heteroatoms. The van der Waals surface area contributed by atoms with E-state index in [0.29, 0.717) is 53.8 Å². The van der Waals surface area contributed by atoms with Crippen LogP contribution < -0.4 is 19.5 Å². The molecule has 0 bridgehead atoms. The van der Waals surface area contributed by atoms with Gasteiger partial charge in [-0.3, -0.25) is 19.7 Å². The number of hydrogen-bond donors (Lipinski definition) is 2. The molecule has 3 heterocycles. The van der Waals surface area contributed by atoms with E-state index < -0.39 is 0 Å². The number of amides is 2. The molecule has 2 N–H and O–H groups in total. The van der Waals surface area contributed by atoms with Gasteiger partial charge in [0.25, 0.3) is 5.91 Å². The van der Waals surface area contributed by atoms with Crippen molar-refractivity contribution < 1.29 is 23.8 Å². The average molecular weight is 466 g/mol. The van der Waals surface area contributed by atoms with Crippen LogP contribution in [0.5, 0.6) is 17.2 Å². The first kappa shape index (κ1) is 23.1. The summed E-state index contributed by atoms with van der Waals surface area (Å²) in [6, 6.07) is 8.73. The summed E-state index contributed by atoms with van der Waals surface area (Å²) in [5.41, 5.74) is 2.45. The summed E-state index contributed by atoms with van der Waals surface area (Å²) in [7, 11) is 4.55. The Morgan fingerprint density at radius 2 is 1.76 bits per heavy atom. The first-order valence-electron chi connectivity index (χ1n) is 10.9. The molecule has 34 heavy (non-hydrogen) atoms. The van der Waals surface area contributed by atoms with Gasteiger partial charge in [-0.2, -0.15) is 5.10 Å². The highest BCUT2D eigenvalue weighted by Gasteiger charge is 2.30. The zero-order valence-corrected chi connectivity index (χ0v) is 19.3. The minimum atomic E-state index is -0.348. The van der Waals surface area contributed by atoms with Crippen molar-refractivity contribution in [2.24, 2.45) is 5.92 Å². The first-order chi connectivity index (χ1) is 16.5. The number of benzene rings is 1. The molecule has 0 unspecified atom stereocenters. The van der Waals surface area contributed by atoms with Crippen molar-refractivity contribution in [3.63, 3.8) is 0 Å². The second-order valence-corrected chi connectivity index (χ2v) is 7.90. The Labute approximate surface area is 197 Å². The number of ether oxygens (including phenoxy) is 3. The molecule has 1 aromatic carbocycles. The predicted molar refractivity (Wildman–Crippen MR) is 125 cm³/mol. The number of carbonyl (C=O) groups is 2. The average Bonchev–Trinajstić information content (AvgIpc) is 3.38. The van der Waals surface area contributed by atoms with E-state index in [1.165, 1.54) is 21.3 Å². The number of anilines is 1. The number of aromatic amines is 1. The summed E-state index contributed by atoms with van der Waals surface area (Å²) >= 11 is 0. The third-order valence-electron chi connectivity index (χ3n) is 5.80. The highest BCUT2D eigenvalue weighted by molar-refractivity contribution is 5.96. The second kappa shape index (κ2) is 10.2. The number of nitrogens with one attached hydrogen (secondary N) is 2. The lowest BCUT2D eigenvalue weighted by atomic mass is 9.96. The van der Waals surface area contributed by atoms with Gasteiger partial charge in [0.05, 0.1) is 32.9 Å². The number of methoxy groups -OCH3 is 3. The van der Waals surface area contributed by atoms with Gasteiger partial charge in [0.1, 0.15) is 5.69 Å². The summed E-state index contributed by atoms with van der Waals surface area (Å²) in [6.45, 7) is 0.898. The number of piperidine rings is 1. The largest absolute Gasteiger partial charge is 0.493 e. The van der Waals surface area contributed by atoms with Crippen LogP contribution in [0.15, 0.2) is 42.7 Å². The van der Waals surface area contributed by atoms with E-state index in [4.69, 9.17) is 14.2 Å². The van der Waals surface area contributed by atoms with Crippen molar-refractivity contribution in [2.45, 2.75) is 12.8 Å². The van der Waals surface area contributed by atoms with E-state index in [1.54, 1.807) is 35.5 Å². The number of H-pyrrole nitrogens is 1. The fourth-order valence-electron chi connectivity index (χ4n) is 4.05. The van der Waals surface area contributed by atoms with E-state index in [9.17, 15) is 9.59 Å². The molecule has 1 saturated heterocycles. The number of likely N-dealkylation sites (tertiary alicyclic amines) is 1. The number of pyridine rings is 1. The molecule has 2 aromatic heterocycles. The van der Waals surface area contributed by atoms with Gasteiger partial charge in [0, 0.05) is 48.9 Å². The normalized spacial score (nSPS) is 15.5. The van der Waals surface area contributed by atoms with Crippen LogP contribution in [-0.2, 0) is 4.79 Å². The summed E-state index contributed by atoms with van der Waals surface area (Å²) < 4.78 is 16.0. The van der Waals surface area contributed by atoms with E-state index in [2.05, 4.69) is 20.5 Å². The molecule has 1 aliphatic rings. The smallest absolute Gasteiger partial charge is 0.271 e. The lowest BCUT2D eigenvalue weighted by Crippen LogP contribution is -2.43. The maximum Gasteiger partial charge on any atom is 0.271 e. The fourth-order valence-corrected chi connectivity index (χ4v) is 4.05. The molecule has 1 fully saturated rings. The van der Waals surface area contributed by atoms with Crippen molar-refractivity contribution in [3.05, 3.63) is 48.4 Å². The van der Waals surface area contributed by atoms with Gasteiger partial charge in [-0.25, -0.2) is 0 Å². The van der Waals surface area contributed by atoms with Crippen molar-refractivity contribution >= 4 is 17.5 Å². The zero-order chi connectivity index (χ0) is 24.1. The van der Waals surface area contributed by atoms with E-state index in [-0.39, 0.29) is 17.7 Å². The maximum absolute atomic E-state index is 13.1. The molecule has 0 saturated carbocycles. The van der Waals surface area contributed by atoms with Crippen LogP contribution in [-0.4, -0.2) is 66.3 Å². The molecular weight excluding hydrogens is 438 g/mol. The second-order valence-electron chi connectivity index (χ2n) is 7.90. The third-order valence-corrected chi connectivity index (χ3v) is 5.80. The Morgan fingerprint density at radius 1 is 1.06 bits per heavy atom. The van der Waals surface area contributed by atoms with E-state index in [1.807, 2.05) is 12.1 Å². The molecule has 1 atom stereocenters. The molecule has 178 valence electrons. The molecule has 10 nitrogen and oxygen atoms in total. The first-order valence-corrected chi connectivity index (χ1v) is 10.9. The van der Waals surface area contributed by atoms with Crippen molar-refractivity contribution in [2.75, 3.05) is 39.7 Å². The molecule has 2 amide bonds. The van der Waals surface area contributed by atoms with Crippen LogP contribution in [0, 0.1) is 5.92 Å². The van der Waals surface area contributed by atoms with Crippen molar-refractivity contribution in [1.82, 2.24) is 20.1 Å². The molecular formula is C24H27N5O5. The van der Waals surface area contributed by atoms with Crippen LogP contribution in [0.1, 0.15) is 23.3 Å². The fraction of sp³-hybridized carbons (Fsp3) is 0.333. The summed E-state index contributed by atoms with van der Waals surface area (Å²) in [4.78, 5) is 31.8. The molecule has 3 aromatic rings. The van der Waals surface area contributed by atoms with Crippen LogP contribution in [0.3, 0.4) is 0 Å². The van der Waals surface area contributed by atoms with Gasteiger partial charge in [-0.05, 0) is 31.0 Å². The highest BCUT2D eigenvalue weighted by Crippen LogP contribution is 2.40. The Balaban J connectivity index is 1.44. The van der Waals surface area contributed by atoms with Crippen LogP contribution in [0.2, 0.25) is 0 Å². The third kappa shape index (κ3) is 4.80. The minimum Gasteiger partial charge on any atom is -0.493 e. The molecule has 0 aliphatic carbocycles. The molecule has 0 spiro atoms. The lowest BCUT2D eigenvalue weighted by Gasteiger charge is -2.31. The number of rotatable bonds is 7. The number of aromatic nitrogens is 3. The van der Waals surface area contributed by atoms with Gasteiger partial charge in [-0.15, -0.1) is 0 Å². The maximum atomic E-state index is 13.1. The quantitative estimate of drug-likeness (QED) is 0.551. The molecule has 1 aliphatic heterocycles. The van der Waals surface area contributed by atoms with Gasteiger partial charge >= 0.3 is 0 Å². The standard InChI is InChI=1S/C24H27N5O5/c1-32-20-11-17(12-21(33-2)22(20)34-3)26-23(30)16-5-4-10-29(14-16)24(31)19-13-18(27-28-19)15-6-8-25-9-7-15/h6-9,11-13,16H,4-5,10,14H2,1-3H3,(H,26,30)(H,27,28)/t16-/m0/s1. The van der Waals surface area contributed by atoms with Gasteiger partial charge in [0.2, 0.25) is 11.7 Å². The summed E-state index contributed by atoms with van der Waals surface area (Å²) in [5, 5.41) is 9.98. The van der Waals surface area contributed by atoms with E-state index >= 15 is 0 Å². The number of nitrogens with zero attached hydrogens (tertiary/aromatic N) is 3. The van der Waals surface area contributed by atoms with Crippen molar-refractivity contribution in [1.29, 1.82) is 0 Å². The van der Waals surface area contributed by atoms with Crippen LogP contribution >= 0.6 is 0 Å². The van der Waals surface area contributed by atoms with E-state index in [0.717, 1.165) is 12.0 Å². The van der Waals surface area contributed by atoms with Gasteiger partial charge < -0.3 is 24.4 Å². The van der Waals surface area contributed by atoms with Crippen LogP contribution in [0.25, 0.3) is 11.3 Å². The minimum absolute atomic E-state index is 0.172. The Bertz CT molecular complexity index is 1140. The van der Waals surface area contributed by atoms with Gasteiger partial charge in [0.15, 0.2) is 11.5 Å². The molecule has 4 rings (SSSR count). The zero-order valence-electron chi connectivity index (χ0n) is 19.3. The van der Waals surface area contributed by atoms with Crippen LogP contribution in [0.4, 0.5) is 5.69 Å².